The second kappa shape index (κ2) is 8.77. The minimum absolute atomic E-state index is 0.0505. The van der Waals surface area contributed by atoms with E-state index in [9.17, 15) is 13.2 Å². The van der Waals surface area contributed by atoms with E-state index < -0.39 is 15.9 Å². The summed E-state index contributed by atoms with van der Waals surface area (Å²) in [5.74, 6) is 0.209. The number of rotatable bonds is 7. The summed E-state index contributed by atoms with van der Waals surface area (Å²) in [6.07, 6.45) is 1.51. The standard InChI is InChI=1S/C20H18ClN5O4S2/c1-12-18(21)13(2)26(24-12)11-15-5-8-17(30-15)19(27)23-14-3-6-16(7-4-14)32(28,29)25-20-22-9-10-31-20/h3-10H,11H2,1-2H3,(H,22,25)(H,23,27). The summed E-state index contributed by atoms with van der Waals surface area (Å²) in [4.78, 5) is 16.5. The molecular formula is C20H18ClN5O4S2. The van der Waals surface area contributed by atoms with E-state index in [4.69, 9.17) is 16.0 Å². The first-order chi connectivity index (χ1) is 15.2. The number of aromatic nitrogens is 3. The van der Waals surface area contributed by atoms with E-state index >= 15 is 0 Å². The van der Waals surface area contributed by atoms with Gasteiger partial charge in [-0.05, 0) is 50.2 Å². The summed E-state index contributed by atoms with van der Waals surface area (Å²) >= 11 is 7.34. The van der Waals surface area contributed by atoms with Crippen LogP contribution >= 0.6 is 22.9 Å². The number of carbonyl (C=O) groups is 1. The highest BCUT2D eigenvalue weighted by Crippen LogP contribution is 2.22. The van der Waals surface area contributed by atoms with Gasteiger partial charge in [0.15, 0.2) is 10.9 Å². The quantitative estimate of drug-likeness (QED) is 0.397. The summed E-state index contributed by atoms with van der Waals surface area (Å²) in [5.41, 5.74) is 1.96. The van der Waals surface area contributed by atoms with Crippen LogP contribution in [0.3, 0.4) is 0 Å². The highest BCUT2D eigenvalue weighted by molar-refractivity contribution is 7.93. The van der Waals surface area contributed by atoms with Crippen LogP contribution < -0.4 is 10.0 Å². The van der Waals surface area contributed by atoms with Gasteiger partial charge in [-0.15, -0.1) is 11.3 Å². The number of amides is 1. The molecule has 1 amide bonds. The van der Waals surface area contributed by atoms with E-state index in [1.54, 1.807) is 22.2 Å². The van der Waals surface area contributed by atoms with E-state index in [0.29, 0.717) is 23.0 Å². The number of sulfonamides is 1. The molecule has 0 radical (unpaired) electrons. The average Bonchev–Trinajstić information content (AvgIpc) is 3.48. The zero-order chi connectivity index (χ0) is 22.9. The Labute approximate surface area is 193 Å². The van der Waals surface area contributed by atoms with Crippen LogP contribution in [0, 0.1) is 13.8 Å². The summed E-state index contributed by atoms with van der Waals surface area (Å²) < 4.78 is 34.5. The molecule has 4 aromatic rings. The second-order valence-corrected chi connectivity index (χ2v) is 9.78. The molecule has 0 unspecified atom stereocenters. The number of aryl methyl sites for hydroxylation is 1. The third kappa shape index (κ3) is 4.69. The Kier molecular flexibility index (Phi) is 6.04. The van der Waals surface area contributed by atoms with Crippen molar-refractivity contribution < 1.29 is 17.6 Å². The van der Waals surface area contributed by atoms with Gasteiger partial charge in [0.25, 0.3) is 15.9 Å². The lowest BCUT2D eigenvalue weighted by molar-refractivity contribution is 0.0994. The van der Waals surface area contributed by atoms with Crippen molar-refractivity contribution in [2.45, 2.75) is 25.3 Å². The molecular weight excluding hydrogens is 474 g/mol. The van der Waals surface area contributed by atoms with Gasteiger partial charge in [0.1, 0.15) is 5.76 Å². The molecule has 4 rings (SSSR count). The van der Waals surface area contributed by atoms with Gasteiger partial charge in [0.2, 0.25) is 0 Å². The zero-order valence-corrected chi connectivity index (χ0v) is 19.4. The van der Waals surface area contributed by atoms with Gasteiger partial charge in [0.05, 0.1) is 27.9 Å². The third-order valence-corrected chi connectivity index (χ3v) is 7.28. The average molecular weight is 492 g/mol. The first-order valence-corrected chi connectivity index (χ1v) is 12.1. The maximum absolute atomic E-state index is 12.5. The van der Waals surface area contributed by atoms with Crippen molar-refractivity contribution in [2.24, 2.45) is 0 Å². The Morgan fingerprint density at radius 1 is 1.19 bits per heavy atom. The number of hydrogen-bond donors (Lipinski definition) is 2. The number of nitrogens with one attached hydrogen (secondary N) is 2. The molecule has 3 heterocycles. The third-order valence-electron chi connectivity index (χ3n) is 4.56. The fourth-order valence-electron chi connectivity index (χ4n) is 2.92. The molecule has 0 aliphatic rings. The van der Waals surface area contributed by atoms with Gasteiger partial charge in [-0.3, -0.25) is 14.2 Å². The number of hydrogen-bond acceptors (Lipinski definition) is 7. The normalized spacial score (nSPS) is 11.5. The molecule has 2 N–H and O–H groups in total. The van der Waals surface area contributed by atoms with Gasteiger partial charge < -0.3 is 9.73 Å². The molecule has 0 saturated carbocycles. The molecule has 12 heteroatoms. The van der Waals surface area contributed by atoms with Crippen LogP contribution in [0.2, 0.25) is 5.02 Å². The number of benzene rings is 1. The number of furan rings is 1. The molecule has 3 aromatic heterocycles. The van der Waals surface area contributed by atoms with Crippen molar-refractivity contribution in [1.29, 1.82) is 0 Å². The highest BCUT2D eigenvalue weighted by atomic mass is 35.5. The molecule has 0 aliphatic heterocycles. The lowest BCUT2D eigenvalue weighted by Gasteiger charge is -2.07. The minimum atomic E-state index is -3.76. The molecule has 0 atom stereocenters. The largest absolute Gasteiger partial charge is 0.454 e. The monoisotopic (exact) mass is 491 g/mol. The number of halogens is 1. The molecule has 0 spiro atoms. The van der Waals surface area contributed by atoms with Crippen LogP contribution in [0.15, 0.2) is 57.3 Å². The van der Waals surface area contributed by atoms with Crippen molar-refractivity contribution in [2.75, 3.05) is 10.0 Å². The maximum Gasteiger partial charge on any atom is 0.291 e. The van der Waals surface area contributed by atoms with Crippen LogP contribution in [-0.4, -0.2) is 29.1 Å². The fourth-order valence-corrected chi connectivity index (χ4v) is 4.84. The first-order valence-electron chi connectivity index (χ1n) is 9.35. The molecule has 0 aliphatic carbocycles. The number of thiazole rings is 1. The molecule has 0 bridgehead atoms. The minimum Gasteiger partial charge on any atom is -0.454 e. The van der Waals surface area contributed by atoms with Gasteiger partial charge in [-0.25, -0.2) is 13.4 Å². The van der Waals surface area contributed by atoms with Crippen molar-refractivity contribution in [3.63, 3.8) is 0 Å². The highest BCUT2D eigenvalue weighted by Gasteiger charge is 2.17. The first kappa shape index (κ1) is 22.1. The molecule has 1 aromatic carbocycles. The van der Waals surface area contributed by atoms with Crippen molar-refractivity contribution in [3.05, 3.63) is 75.9 Å². The topological polar surface area (TPSA) is 119 Å². The number of carbonyl (C=O) groups excluding carboxylic acids is 1. The van der Waals surface area contributed by atoms with E-state index in [1.807, 2.05) is 13.8 Å². The molecule has 166 valence electrons. The van der Waals surface area contributed by atoms with Crippen LogP contribution in [0.25, 0.3) is 0 Å². The zero-order valence-electron chi connectivity index (χ0n) is 17.0. The molecule has 9 nitrogen and oxygen atoms in total. The fraction of sp³-hybridized carbons (Fsp3) is 0.150. The SMILES string of the molecule is Cc1nn(Cc2ccc(C(=O)Nc3ccc(S(=O)(=O)Nc4nccs4)cc3)o2)c(C)c1Cl. The van der Waals surface area contributed by atoms with Crippen LogP contribution in [0.5, 0.6) is 0 Å². The predicted molar refractivity (Wildman–Crippen MR) is 122 cm³/mol. The van der Waals surface area contributed by atoms with E-state index in [2.05, 4.69) is 20.1 Å². The Hall–Kier alpha value is -3.15. The van der Waals surface area contributed by atoms with Gasteiger partial charge in [-0.1, -0.05) is 11.6 Å². The summed E-state index contributed by atoms with van der Waals surface area (Å²) in [5, 5.41) is 9.57. The molecule has 0 saturated heterocycles. The molecule has 32 heavy (non-hydrogen) atoms. The van der Waals surface area contributed by atoms with Gasteiger partial charge in [-0.2, -0.15) is 5.10 Å². The van der Waals surface area contributed by atoms with Crippen LogP contribution in [0.1, 0.15) is 27.7 Å². The molecule has 0 fully saturated rings. The van der Waals surface area contributed by atoms with Crippen LogP contribution in [-0.2, 0) is 16.6 Å². The summed E-state index contributed by atoms with van der Waals surface area (Å²) in [6, 6.07) is 9.04. The Morgan fingerprint density at radius 3 is 2.56 bits per heavy atom. The number of nitrogens with zero attached hydrogens (tertiary/aromatic N) is 3. The predicted octanol–water partition coefficient (Wildman–Crippen LogP) is 4.30. The lowest BCUT2D eigenvalue weighted by Crippen LogP contribution is -2.14. The summed E-state index contributed by atoms with van der Waals surface area (Å²) in [6.45, 7) is 4.01. The van der Waals surface area contributed by atoms with Crippen molar-refractivity contribution in [1.82, 2.24) is 14.8 Å². The van der Waals surface area contributed by atoms with Crippen molar-refractivity contribution in [3.8, 4) is 0 Å². The Bertz CT molecular complexity index is 1360. The van der Waals surface area contributed by atoms with E-state index in [1.165, 1.54) is 41.8 Å². The Balaban J connectivity index is 1.41. The maximum atomic E-state index is 12.5. The Morgan fingerprint density at radius 2 is 1.94 bits per heavy atom. The van der Waals surface area contributed by atoms with Crippen molar-refractivity contribution >= 4 is 49.7 Å². The van der Waals surface area contributed by atoms with E-state index in [-0.39, 0.29) is 15.8 Å². The lowest BCUT2D eigenvalue weighted by atomic mass is 10.3. The number of anilines is 2. The van der Waals surface area contributed by atoms with Gasteiger partial charge in [0, 0.05) is 17.3 Å². The van der Waals surface area contributed by atoms with Gasteiger partial charge >= 0.3 is 0 Å². The second-order valence-electron chi connectivity index (χ2n) is 6.83. The summed E-state index contributed by atoms with van der Waals surface area (Å²) in [7, 11) is -3.76. The smallest absolute Gasteiger partial charge is 0.291 e. The van der Waals surface area contributed by atoms with E-state index in [0.717, 1.165) is 11.4 Å². The van der Waals surface area contributed by atoms with Crippen LogP contribution in [0.4, 0.5) is 10.8 Å².